The molecule has 0 fully saturated rings. The highest BCUT2D eigenvalue weighted by Crippen LogP contribution is 2.14. The second-order valence-corrected chi connectivity index (χ2v) is 2.72. The molecule has 3 N–H and O–H groups in total. The van der Waals surface area contributed by atoms with Gasteiger partial charge in [-0.2, -0.15) is 0 Å². The van der Waals surface area contributed by atoms with Crippen LogP contribution in [-0.2, 0) is 0 Å². The average molecular weight is 155 g/mol. The number of aliphatic hydroxyl groups is 1. The van der Waals surface area contributed by atoms with E-state index in [-0.39, 0.29) is 0 Å². The fourth-order valence-corrected chi connectivity index (χ4v) is 1.10. The Labute approximate surface area is 68.4 Å². The lowest BCUT2D eigenvalue weighted by molar-refractivity contribution is 0.149. The standard InChI is InChI=1S/C9H17NO/c1-3-5-8(6-4-2)7-9(10)11/h3-4,8-9,11H,1-2,5-7,10H2. The Morgan fingerprint density at radius 1 is 1.27 bits per heavy atom. The highest BCUT2D eigenvalue weighted by molar-refractivity contribution is 4.80. The van der Waals surface area contributed by atoms with Gasteiger partial charge < -0.3 is 10.8 Å². The van der Waals surface area contributed by atoms with Gasteiger partial charge in [0.2, 0.25) is 0 Å². The summed E-state index contributed by atoms with van der Waals surface area (Å²) in [6.45, 7) is 7.27. The molecule has 0 aromatic rings. The molecule has 0 spiro atoms. The van der Waals surface area contributed by atoms with Gasteiger partial charge in [-0.15, -0.1) is 13.2 Å². The normalized spacial score (nSPS) is 13.0. The van der Waals surface area contributed by atoms with E-state index >= 15 is 0 Å². The van der Waals surface area contributed by atoms with E-state index < -0.39 is 6.23 Å². The van der Waals surface area contributed by atoms with Crippen molar-refractivity contribution in [1.29, 1.82) is 0 Å². The summed E-state index contributed by atoms with van der Waals surface area (Å²) < 4.78 is 0. The van der Waals surface area contributed by atoms with E-state index in [0.717, 1.165) is 12.8 Å². The molecule has 0 radical (unpaired) electrons. The molecule has 11 heavy (non-hydrogen) atoms. The fourth-order valence-electron chi connectivity index (χ4n) is 1.10. The second-order valence-electron chi connectivity index (χ2n) is 2.72. The second kappa shape index (κ2) is 6.13. The predicted octanol–water partition coefficient (Wildman–Crippen LogP) is 1.42. The maximum absolute atomic E-state index is 8.89. The molecule has 1 atom stereocenters. The number of hydrogen-bond donors (Lipinski definition) is 2. The largest absolute Gasteiger partial charge is 0.379 e. The molecule has 64 valence electrons. The highest BCUT2D eigenvalue weighted by Gasteiger charge is 2.07. The van der Waals surface area contributed by atoms with Gasteiger partial charge in [0.15, 0.2) is 0 Å². The van der Waals surface area contributed by atoms with E-state index in [9.17, 15) is 0 Å². The third kappa shape index (κ3) is 5.83. The summed E-state index contributed by atoms with van der Waals surface area (Å²) in [5, 5.41) is 8.89. The molecule has 0 amide bonds. The van der Waals surface area contributed by atoms with Crippen LogP contribution < -0.4 is 5.73 Å². The predicted molar refractivity (Wildman–Crippen MR) is 47.9 cm³/mol. The van der Waals surface area contributed by atoms with Crippen molar-refractivity contribution in [2.45, 2.75) is 25.5 Å². The van der Waals surface area contributed by atoms with Gasteiger partial charge >= 0.3 is 0 Å². The third-order valence-corrected chi connectivity index (χ3v) is 1.57. The smallest absolute Gasteiger partial charge is 0.102 e. The molecule has 2 nitrogen and oxygen atoms in total. The van der Waals surface area contributed by atoms with Crippen LogP contribution in [-0.4, -0.2) is 11.3 Å². The van der Waals surface area contributed by atoms with Crippen molar-refractivity contribution in [3.8, 4) is 0 Å². The Kier molecular flexibility index (Phi) is 5.80. The van der Waals surface area contributed by atoms with Crippen molar-refractivity contribution < 1.29 is 5.11 Å². The first-order valence-corrected chi connectivity index (χ1v) is 3.86. The van der Waals surface area contributed by atoms with Gasteiger partial charge in [0.05, 0.1) is 0 Å². The molecule has 0 aliphatic carbocycles. The summed E-state index contributed by atoms with van der Waals surface area (Å²) in [6, 6.07) is 0. The SMILES string of the molecule is C=CCC(CC=C)CC(N)O. The first kappa shape index (κ1) is 10.4. The summed E-state index contributed by atoms with van der Waals surface area (Å²) in [7, 11) is 0. The number of allylic oxidation sites excluding steroid dienone is 2. The van der Waals surface area contributed by atoms with E-state index in [2.05, 4.69) is 13.2 Å². The van der Waals surface area contributed by atoms with Crippen LogP contribution in [0.4, 0.5) is 0 Å². The van der Waals surface area contributed by atoms with Crippen molar-refractivity contribution in [2.24, 2.45) is 11.7 Å². The zero-order valence-corrected chi connectivity index (χ0v) is 6.87. The van der Waals surface area contributed by atoms with Crippen LogP contribution in [0.3, 0.4) is 0 Å². The molecule has 0 bridgehead atoms. The first-order valence-electron chi connectivity index (χ1n) is 3.86. The number of hydrogen-bond acceptors (Lipinski definition) is 2. The Hall–Kier alpha value is -0.600. The Balaban J connectivity index is 3.67. The van der Waals surface area contributed by atoms with Gasteiger partial charge in [-0.25, -0.2) is 0 Å². The van der Waals surface area contributed by atoms with E-state index in [0.29, 0.717) is 12.3 Å². The van der Waals surface area contributed by atoms with Gasteiger partial charge in [0.25, 0.3) is 0 Å². The lowest BCUT2D eigenvalue weighted by atomic mass is 9.97. The van der Waals surface area contributed by atoms with E-state index in [1.165, 1.54) is 0 Å². The molecule has 0 aromatic heterocycles. The molecular formula is C9H17NO. The van der Waals surface area contributed by atoms with Crippen LogP contribution in [0.15, 0.2) is 25.3 Å². The van der Waals surface area contributed by atoms with Crippen molar-refractivity contribution in [3.63, 3.8) is 0 Å². The lowest BCUT2D eigenvalue weighted by Gasteiger charge is -2.13. The number of aliphatic hydroxyl groups excluding tert-OH is 1. The van der Waals surface area contributed by atoms with Gasteiger partial charge in [0, 0.05) is 0 Å². The molecule has 0 heterocycles. The van der Waals surface area contributed by atoms with Gasteiger partial charge in [-0.1, -0.05) is 12.2 Å². The van der Waals surface area contributed by atoms with Crippen LogP contribution in [0.1, 0.15) is 19.3 Å². The summed E-state index contributed by atoms with van der Waals surface area (Å²) in [5.74, 6) is 0.394. The minimum absolute atomic E-state index is 0.394. The average Bonchev–Trinajstić information content (AvgIpc) is 1.87. The zero-order valence-electron chi connectivity index (χ0n) is 6.87. The van der Waals surface area contributed by atoms with Crippen molar-refractivity contribution in [2.75, 3.05) is 0 Å². The lowest BCUT2D eigenvalue weighted by Crippen LogP contribution is -2.22. The van der Waals surface area contributed by atoms with Crippen molar-refractivity contribution in [3.05, 3.63) is 25.3 Å². The van der Waals surface area contributed by atoms with Crippen molar-refractivity contribution >= 4 is 0 Å². The van der Waals surface area contributed by atoms with Crippen LogP contribution in [0, 0.1) is 5.92 Å². The Morgan fingerprint density at radius 2 is 1.73 bits per heavy atom. The molecule has 2 heteroatoms. The summed E-state index contributed by atoms with van der Waals surface area (Å²) in [6.07, 6.45) is 5.38. The molecule has 1 unspecified atom stereocenters. The molecular weight excluding hydrogens is 138 g/mol. The van der Waals surface area contributed by atoms with Crippen LogP contribution in [0.2, 0.25) is 0 Å². The molecule has 0 aliphatic rings. The van der Waals surface area contributed by atoms with Gasteiger partial charge in [0.1, 0.15) is 6.23 Å². The van der Waals surface area contributed by atoms with Gasteiger partial charge in [-0.05, 0) is 25.2 Å². The topological polar surface area (TPSA) is 46.2 Å². The molecule has 0 rings (SSSR count). The molecule has 0 saturated heterocycles. The number of nitrogens with two attached hydrogens (primary N) is 1. The Bertz CT molecular complexity index is 111. The maximum Gasteiger partial charge on any atom is 0.102 e. The summed E-state index contributed by atoms with van der Waals surface area (Å²) in [4.78, 5) is 0. The van der Waals surface area contributed by atoms with Crippen LogP contribution in [0.5, 0.6) is 0 Å². The third-order valence-electron chi connectivity index (χ3n) is 1.57. The first-order chi connectivity index (χ1) is 5.20. The fraction of sp³-hybridized carbons (Fsp3) is 0.556. The minimum atomic E-state index is -0.708. The van der Waals surface area contributed by atoms with E-state index in [1.807, 2.05) is 12.2 Å². The summed E-state index contributed by atoms with van der Waals surface area (Å²) >= 11 is 0. The molecule has 0 aromatic carbocycles. The van der Waals surface area contributed by atoms with Crippen molar-refractivity contribution in [1.82, 2.24) is 0 Å². The monoisotopic (exact) mass is 155 g/mol. The van der Waals surface area contributed by atoms with Crippen LogP contribution in [0.25, 0.3) is 0 Å². The summed E-state index contributed by atoms with van der Waals surface area (Å²) in [5.41, 5.74) is 5.24. The molecule has 0 saturated carbocycles. The minimum Gasteiger partial charge on any atom is -0.379 e. The van der Waals surface area contributed by atoms with E-state index in [1.54, 1.807) is 0 Å². The molecule has 0 aliphatic heterocycles. The highest BCUT2D eigenvalue weighted by atomic mass is 16.3. The Morgan fingerprint density at radius 3 is 2.00 bits per heavy atom. The maximum atomic E-state index is 8.89. The van der Waals surface area contributed by atoms with Crippen LogP contribution >= 0.6 is 0 Å². The zero-order chi connectivity index (χ0) is 8.69. The number of rotatable bonds is 6. The van der Waals surface area contributed by atoms with Gasteiger partial charge in [-0.3, -0.25) is 0 Å². The quantitative estimate of drug-likeness (QED) is 0.450. The van der Waals surface area contributed by atoms with E-state index in [4.69, 9.17) is 10.8 Å².